The van der Waals surface area contributed by atoms with Gasteiger partial charge in [0.05, 0.1) is 24.0 Å². The molecule has 0 fully saturated rings. The number of methoxy groups -OCH3 is 2. The minimum atomic E-state index is 0.478. The maximum absolute atomic E-state index is 5.44. The number of thiophene rings is 1. The number of ether oxygens (including phenoxy) is 2. The van der Waals surface area contributed by atoms with Crippen LogP contribution in [-0.2, 0) is 0 Å². The van der Waals surface area contributed by atoms with Crippen LogP contribution in [0.15, 0.2) is 0 Å². The average molecular weight is 228 g/mol. The maximum atomic E-state index is 5.44. The first-order chi connectivity index (χ1) is 7.02. The third-order valence-corrected chi connectivity index (χ3v) is 4.08. The molecule has 0 aliphatic carbocycles. The molecule has 0 radical (unpaired) electrons. The Morgan fingerprint density at radius 3 is 1.33 bits per heavy atom. The topological polar surface area (TPSA) is 18.5 Å². The first kappa shape index (κ1) is 12.4. The molecule has 1 aromatic heterocycles. The Morgan fingerprint density at radius 2 is 1.13 bits per heavy atom. The molecule has 3 heteroatoms. The van der Waals surface area contributed by atoms with Crippen LogP contribution in [0.5, 0.6) is 11.5 Å². The van der Waals surface area contributed by atoms with Crippen LogP contribution in [0.2, 0.25) is 0 Å². The lowest BCUT2D eigenvalue weighted by Crippen LogP contribution is -1.93. The highest BCUT2D eigenvalue weighted by molar-refractivity contribution is 7.13. The molecule has 0 aliphatic rings. The molecule has 1 rings (SSSR count). The third kappa shape index (κ3) is 2.28. The van der Waals surface area contributed by atoms with E-state index < -0.39 is 0 Å². The Kier molecular flexibility index (Phi) is 4.03. The van der Waals surface area contributed by atoms with Crippen LogP contribution in [0.1, 0.15) is 49.3 Å². The van der Waals surface area contributed by atoms with Gasteiger partial charge in [0, 0.05) is 0 Å². The van der Waals surface area contributed by atoms with Crippen molar-refractivity contribution in [3.8, 4) is 11.5 Å². The Morgan fingerprint density at radius 1 is 0.800 bits per heavy atom. The van der Waals surface area contributed by atoms with E-state index in [-0.39, 0.29) is 0 Å². The SMILES string of the molecule is COc1c(C(C)C)sc(C(C)C)c1OC. The Balaban J connectivity index is 3.31. The van der Waals surface area contributed by atoms with E-state index in [1.54, 1.807) is 25.6 Å². The molecule has 0 unspecified atom stereocenters. The third-order valence-electron chi connectivity index (χ3n) is 2.33. The summed E-state index contributed by atoms with van der Waals surface area (Å²) in [5, 5.41) is 0. The molecule has 0 saturated heterocycles. The summed E-state index contributed by atoms with van der Waals surface area (Å²) >= 11 is 1.80. The van der Waals surface area contributed by atoms with E-state index in [1.807, 2.05) is 0 Å². The predicted octanol–water partition coefficient (Wildman–Crippen LogP) is 4.01. The Hall–Kier alpha value is -0.700. The summed E-state index contributed by atoms with van der Waals surface area (Å²) in [4.78, 5) is 2.55. The highest BCUT2D eigenvalue weighted by atomic mass is 32.1. The maximum Gasteiger partial charge on any atom is 0.175 e. The lowest BCUT2D eigenvalue weighted by atomic mass is 10.1. The van der Waals surface area contributed by atoms with Crippen LogP contribution in [0.25, 0.3) is 0 Å². The molecule has 0 spiro atoms. The van der Waals surface area contributed by atoms with Gasteiger partial charge in [0.25, 0.3) is 0 Å². The zero-order valence-corrected chi connectivity index (χ0v) is 11.2. The summed E-state index contributed by atoms with van der Waals surface area (Å²) < 4.78 is 10.9. The fourth-order valence-electron chi connectivity index (χ4n) is 1.58. The summed E-state index contributed by atoms with van der Waals surface area (Å²) in [5.74, 6) is 2.79. The molecule has 0 bridgehead atoms. The molecule has 0 saturated carbocycles. The van der Waals surface area contributed by atoms with Gasteiger partial charge in [0.2, 0.25) is 0 Å². The first-order valence-electron chi connectivity index (χ1n) is 5.27. The molecule has 0 amide bonds. The van der Waals surface area contributed by atoms with Gasteiger partial charge < -0.3 is 9.47 Å². The molecule has 86 valence electrons. The highest BCUT2D eigenvalue weighted by Gasteiger charge is 2.23. The van der Waals surface area contributed by atoms with Crippen molar-refractivity contribution < 1.29 is 9.47 Å². The molecule has 1 heterocycles. The highest BCUT2D eigenvalue weighted by Crippen LogP contribution is 2.48. The molecule has 0 atom stereocenters. The second-order valence-electron chi connectivity index (χ2n) is 4.21. The van der Waals surface area contributed by atoms with Crippen molar-refractivity contribution in [3.05, 3.63) is 9.75 Å². The molecule has 0 aliphatic heterocycles. The molecule has 2 nitrogen and oxygen atoms in total. The zero-order valence-electron chi connectivity index (χ0n) is 10.4. The molecule has 0 aromatic carbocycles. The van der Waals surface area contributed by atoms with E-state index >= 15 is 0 Å². The van der Waals surface area contributed by atoms with Gasteiger partial charge in [0.1, 0.15) is 0 Å². The minimum absolute atomic E-state index is 0.478. The van der Waals surface area contributed by atoms with E-state index in [0.717, 1.165) is 11.5 Å². The summed E-state index contributed by atoms with van der Waals surface area (Å²) in [5.41, 5.74) is 0. The van der Waals surface area contributed by atoms with Crippen LogP contribution < -0.4 is 9.47 Å². The van der Waals surface area contributed by atoms with E-state index in [1.165, 1.54) is 9.75 Å². The number of rotatable bonds is 4. The van der Waals surface area contributed by atoms with Crippen molar-refractivity contribution in [2.45, 2.75) is 39.5 Å². The Labute approximate surface area is 96.2 Å². The van der Waals surface area contributed by atoms with Crippen LogP contribution in [0.3, 0.4) is 0 Å². The summed E-state index contributed by atoms with van der Waals surface area (Å²) in [6, 6.07) is 0. The first-order valence-corrected chi connectivity index (χ1v) is 6.09. The van der Waals surface area contributed by atoms with E-state index in [2.05, 4.69) is 27.7 Å². The summed E-state index contributed by atoms with van der Waals surface area (Å²) in [6.07, 6.45) is 0. The van der Waals surface area contributed by atoms with Gasteiger partial charge in [-0.2, -0.15) is 0 Å². The normalized spacial score (nSPS) is 11.2. The van der Waals surface area contributed by atoms with E-state index in [0.29, 0.717) is 11.8 Å². The van der Waals surface area contributed by atoms with Crippen LogP contribution in [0, 0.1) is 0 Å². The van der Waals surface area contributed by atoms with Crippen LogP contribution >= 0.6 is 11.3 Å². The fourth-order valence-corrected chi connectivity index (χ4v) is 2.83. The second kappa shape index (κ2) is 4.88. The zero-order chi connectivity index (χ0) is 11.6. The van der Waals surface area contributed by atoms with Crippen LogP contribution in [0.4, 0.5) is 0 Å². The lowest BCUT2D eigenvalue weighted by molar-refractivity contribution is 0.351. The quantitative estimate of drug-likeness (QED) is 0.775. The molecular formula is C12H20O2S. The minimum Gasteiger partial charge on any atom is -0.492 e. The smallest absolute Gasteiger partial charge is 0.175 e. The van der Waals surface area contributed by atoms with Crippen molar-refractivity contribution in [1.29, 1.82) is 0 Å². The van der Waals surface area contributed by atoms with Crippen molar-refractivity contribution in [2.75, 3.05) is 14.2 Å². The lowest BCUT2D eigenvalue weighted by Gasteiger charge is -2.08. The van der Waals surface area contributed by atoms with Gasteiger partial charge in [-0.15, -0.1) is 11.3 Å². The van der Waals surface area contributed by atoms with Crippen molar-refractivity contribution in [2.24, 2.45) is 0 Å². The molecular weight excluding hydrogens is 208 g/mol. The van der Waals surface area contributed by atoms with Gasteiger partial charge >= 0.3 is 0 Å². The van der Waals surface area contributed by atoms with Gasteiger partial charge in [-0.1, -0.05) is 27.7 Å². The van der Waals surface area contributed by atoms with Crippen LogP contribution in [-0.4, -0.2) is 14.2 Å². The van der Waals surface area contributed by atoms with Gasteiger partial charge in [-0.05, 0) is 11.8 Å². The fraction of sp³-hybridized carbons (Fsp3) is 0.667. The second-order valence-corrected chi connectivity index (χ2v) is 5.29. The number of hydrogen-bond acceptors (Lipinski definition) is 3. The monoisotopic (exact) mass is 228 g/mol. The number of hydrogen-bond donors (Lipinski definition) is 0. The van der Waals surface area contributed by atoms with E-state index in [4.69, 9.17) is 9.47 Å². The van der Waals surface area contributed by atoms with E-state index in [9.17, 15) is 0 Å². The average Bonchev–Trinajstić information content (AvgIpc) is 2.55. The van der Waals surface area contributed by atoms with Gasteiger partial charge in [-0.3, -0.25) is 0 Å². The van der Waals surface area contributed by atoms with Gasteiger partial charge in [0.15, 0.2) is 11.5 Å². The molecule has 15 heavy (non-hydrogen) atoms. The standard InChI is InChI=1S/C12H20O2S/c1-7(2)11-9(13-5)10(14-6)12(15-11)8(3)4/h7-8H,1-6H3. The van der Waals surface area contributed by atoms with Gasteiger partial charge in [-0.25, -0.2) is 0 Å². The summed E-state index contributed by atoms with van der Waals surface area (Å²) in [7, 11) is 3.42. The predicted molar refractivity (Wildman–Crippen MR) is 65.6 cm³/mol. The molecule has 0 N–H and O–H groups in total. The summed E-state index contributed by atoms with van der Waals surface area (Å²) in [6.45, 7) is 8.71. The Bertz CT molecular complexity index is 296. The molecule has 1 aromatic rings. The van der Waals surface area contributed by atoms with Crippen molar-refractivity contribution in [1.82, 2.24) is 0 Å². The largest absolute Gasteiger partial charge is 0.492 e. The van der Waals surface area contributed by atoms with Crippen molar-refractivity contribution in [3.63, 3.8) is 0 Å². The van der Waals surface area contributed by atoms with Crippen molar-refractivity contribution >= 4 is 11.3 Å².